The van der Waals surface area contributed by atoms with Gasteiger partial charge in [0.05, 0.1) is 0 Å². The van der Waals surface area contributed by atoms with Crippen LogP contribution in [0.15, 0.2) is 12.1 Å². The molecule has 124 valence electrons. The Bertz CT molecular complexity index is 523. The minimum Gasteiger partial charge on any atom is -0.309 e. The molecule has 1 aromatic carbocycles. The molecule has 0 spiro atoms. The Hall–Kier alpha value is -0.820. The molecular weight excluding hydrogens is 266 g/mol. The second-order valence-electron chi connectivity index (χ2n) is 8.69. The first-order valence-corrected chi connectivity index (χ1v) is 8.99. The van der Waals surface area contributed by atoms with Crippen LogP contribution in [0.25, 0.3) is 0 Å². The molecule has 0 radical (unpaired) electrons. The van der Waals surface area contributed by atoms with Crippen LogP contribution in [0, 0.1) is 0 Å². The molecule has 1 nitrogen and oxygen atoms in total. The van der Waals surface area contributed by atoms with E-state index in [0.717, 1.165) is 6.42 Å². The molecule has 0 fully saturated rings. The first-order chi connectivity index (χ1) is 10.2. The average molecular weight is 302 g/mol. The predicted octanol–water partition coefficient (Wildman–Crippen LogP) is 5.09. The van der Waals surface area contributed by atoms with Gasteiger partial charge in [0.2, 0.25) is 0 Å². The maximum Gasteiger partial charge on any atom is -0.00217 e. The first-order valence-electron chi connectivity index (χ1n) is 8.99. The molecule has 2 rings (SSSR count). The minimum absolute atomic E-state index is 0.327. The van der Waals surface area contributed by atoms with Gasteiger partial charge in [0, 0.05) is 0 Å². The fraction of sp³-hybridized carbons (Fsp3) is 0.714. The van der Waals surface area contributed by atoms with E-state index in [4.69, 9.17) is 0 Å². The van der Waals surface area contributed by atoms with E-state index >= 15 is 0 Å². The topological polar surface area (TPSA) is 3.24 Å². The number of hydrogen-bond donors (Lipinski definition) is 0. The van der Waals surface area contributed by atoms with E-state index in [1.807, 2.05) is 0 Å². The zero-order chi connectivity index (χ0) is 16.5. The van der Waals surface area contributed by atoms with Crippen LogP contribution in [0.1, 0.15) is 76.1 Å². The zero-order valence-electron chi connectivity index (χ0n) is 15.8. The molecule has 0 N–H and O–H groups in total. The lowest BCUT2D eigenvalue weighted by molar-refractivity contribution is 0.331. The monoisotopic (exact) mass is 301 g/mol. The van der Waals surface area contributed by atoms with E-state index < -0.39 is 0 Å². The van der Waals surface area contributed by atoms with Gasteiger partial charge in [0.25, 0.3) is 0 Å². The standard InChI is InChI=1S/C21H35N/c1-8-16-14-18-19(15-17(16)10-9-13-22(6)7)21(4,5)12-11-20(18,2)3/h14-15H,8-13H2,1-7H3. The second-order valence-corrected chi connectivity index (χ2v) is 8.69. The molecule has 0 unspecified atom stereocenters. The van der Waals surface area contributed by atoms with E-state index in [9.17, 15) is 0 Å². The third-order valence-electron chi connectivity index (χ3n) is 5.61. The van der Waals surface area contributed by atoms with Crippen molar-refractivity contribution < 1.29 is 0 Å². The molecule has 0 saturated carbocycles. The largest absolute Gasteiger partial charge is 0.309 e. The van der Waals surface area contributed by atoms with Gasteiger partial charge in [-0.25, -0.2) is 0 Å². The van der Waals surface area contributed by atoms with Crippen LogP contribution < -0.4 is 0 Å². The van der Waals surface area contributed by atoms with Crippen molar-refractivity contribution in [2.45, 2.75) is 77.6 Å². The molecule has 0 aliphatic heterocycles. The Labute approximate surface area is 138 Å². The Morgan fingerprint density at radius 1 is 0.909 bits per heavy atom. The smallest absolute Gasteiger partial charge is 0.00217 e. The summed E-state index contributed by atoms with van der Waals surface area (Å²) in [5.41, 5.74) is 7.04. The summed E-state index contributed by atoms with van der Waals surface area (Å²) in [7, 11) is 4.33. The van der Waals surface area contributed by atoms with Gasteiger partial charge in [-0.05, 0) is 85.8 Å². The van der Waals surface area contributed by atoms with E-state index in [1.165, 1.54) is 32.2 Å². The van der Waals surface area contributed by atoms with Crippen LogP contribution in [0.2, 0.25) is 0 Å². The van der Waals surface area contributed by atoms with Crippen LogP contribution >= 0.6 is 0 Å². The fourth-order valence-corrected chi connectivity index (χ4v) is 3.85. The molecule has 1 aliphatic carbocycles. The van der Waals surface area contributed by atoms with E-state index in [0.29, 0.717) is 10.8 Å². The summed E-state index contributed by atoms with van der Waals surface area (Å²) in [6.07, 6.45) is 6.22. The highest BCUT2D eigenvalue weighted by molar-refractivity contribution is 5.47. The van der Waals surface area contributed by atoms with E-state index in [1.54, 1.807) is 22.3 Å². The van der Waals surface area contributed by atoms with Crippen molar-refractivity contribution in [3.8, 4) is 0 Å². The lowest BCUT2D eigenvalue weighted by Gasteiger charge is -2.42. The molecular formula is C21H35N. The lowest BCUT2D eigenvalue weighted by atomic mass is 9.62. The molecule has 0 amide bonds. The SMILES string of the molecule is CCc1cc2c(cc1CCCN(C)C)C(C)(C)CCC2(C)C. The van der Waals surface area contributed by atoms with Crippen molar-refractivity contribution in [1.82, 2.24) is 4.90 Å². The lowest BCUT2D eigenvalue weighted by Crippen LogP contribution is -2.34. The molecule has 0 saturated heterocycles. The second kappa shape index (κ2) is 6.35. The molecule has 1 aromatic rings. The summed E-state index contributed by atoms with van der Waals surface area (Å²) in [5.74, 6) is 0. The summed E-state index contributed by atoms with van der Waals surface area (Å²) in [6, 6.07) is 5.10. The quantitative estimate of drug-likeness (QED) is 0.732. The fourth-order valence-electron chi connectivity index (χ4n) is 3.85. The van der Waals surface area contributed by atoms with Crippen LogP contribution in [-0.2, 0) is 23.7 Å². The highest BCUT2D eigenvalue weighted by atomic mass is 15.0. The van der Waals surface area contributed by atoms with Gasteiger partial charge in [-0.15, -0.1) is 0 Å². The molecule has 0 atom stereocenters. The van der Waals surface area contributed by atoms with Gasteiger partial charge in [-0.3, -0.25) is 0 Å². The Morgan fingerprint density at radius 3 is 1.86 bits per heavy atom. The predicted molar refractivity (Wildman–Crippen MR) is 98.0 cm³/mol. The van der Waals surface area contributed by atoms with Gasteiger partial charge in [-0.1, -0.05) is 46.8 Å². The Balaban J connectivity index is 2.40. The molecule has 1 aliphatic rings. The first kappa shape index (κ1) is 17.5. The van der Waals surface area contributed by atoms with Crippen molar-refractivity contribution in [3.05, 3.63) is 34.4 Å². The van der Waals surface area contributed by atoms with Crippen molar-refractivity contribution >= 4 is 0 Å². The Morgan fingerprint density at radius 2 is 1.41 bits per heavy atom. The number of rotatable bonds is 5. The maximum absolute atomic E-state index is 2.56. The van der Waals surface area contributed by atoms with Crippen molar-refractivity contribution in [2.75, 3.05) is 20.6 Å². The van der Waals surface area contributed by atoms with Crippen LogP contribution in [0.5, 0.6) is 0 Å². The highest BCUT2D eigenvalue weighted by Gasteiger charge is 2.37. The van der Waals surface area contributed by atoms with E-state index in [2.05, 4.69) is 65.7 Å². The van der Waals surface area contributed by atoms with E-state index in [-0.39, 0.29) is 0 Å². The summed E-state index contributed by atoms with van der Waals surface area (Å²) in [5, 5.41) is 0. The summed E-state index contributed by atoms with van der Waals surface area (Å²) in [6.45, 7) is 13.2. The van der Waals surface area contributed by atoms with Crippen LogP contribution in [-0.4, -0.2) is 25.5 Å². The number of hydrogen-bond acceptors (Lipinski definition) is 1. The minimum atomic E-state index is 0.327. The summed E-state index contributed by atoms with van der Waals surface area (Å²) >= 11 is 0. The Kier molecular flexibility index (Phi) is 5.06. The van der Waals surface area contributed by atoms with Crippen LogP contribution in [0.4, 0.5) is 0 Å². The zero-order valence-corrected chi connectivity index (χ0v) is 15.8. The van der Waals surface area contributed by atoms with Gasteiger partial charge in [-0.2, -0.15) is 0 Å². The number of nitrogens with zero attached hydrogens (tertiary/aromatic N) is 1. The average Bonchev–Trinajstić information content (AvgIpc) is 2.43. The third kappa shape index (κ3) is 3.56. The van der Waals surface area contributed by atoms with Gasteiger partial charge in [0.1, 0.15) is 0 Å². The molecule has 0 heterocycles. The molecule has 22 heavy (non-hydrogen) atoms. The molecule has 0 bridgehead atoms. The number of fused-ring (bicyclic) bond motifs is 1. The maximum atomic E-state index is 2.56. The highest BCUT2D eigenvalue weighted by Crippen LogP contribution is 2.46. The third-order valence-corrected chi connectivity index (χ3v) is 5.61. The van der Waals surface area contributed by atoms with Gasteiger partial charge < -0.3 is 4.90 Å². The van der Waals surface area contributed by atoms with Crippen molar-refractivity contribution in [3.63, 3.8) is 0 Å². The number of aryl methyl sites for hydroxylation is 2. The number of benzene rings is 1. The summed E-state index contributed by atoms with van der Waals surface area (Å²) < 4.78 is 0. The summed E-state index contributed by atoms with van der Waals surface area (Å²) in [4.78, 5) is 2.29. The molecule has 1 heteroatoms. The van der Waals surface area contributed by atoms with Crippen LogP contribution in [0.3, 0.4) is 0 Å². The van der Waals surface area contributed by atoms with Gasteiger partial charge in [0.15, 0.2) is 0 Å². The normalized spacial score (nSPS) is 19.3. The van der Waals surface area contributed by atoms with Gasteiger partial charge >= 0.3 is 0 Å². The molecule has 0 aromatic heterocycles. The van der Waals surface area contributed by atoms with Crippen molar-refractivity contribution in [1.29, 1.82) is 0 Å². The van der Waals surface area contributed by atoms with Crippen molar-refractivity contribution in [2.24, 2.45) is 0 Å².